The molecule has 0 aliphatic heterocycles. The molecule has 2 aromatic carbocycles. The van der Waals surface area contributed by atoms with Crippen LogP contribution in [0.1, 0.15) is 30.8 Å². The molecule has 30 heavy (non-hydrogen) atoms. The Labute approximate surface area is 172 Å². The van der Waals surface area contributed by atoms with Gasteiger partial charge in [0.25, 0.3) is 0 Å². The number of hydrogen-bond acceptors (Lipinski definition) is 5. The molecular formula is C22H22F2N2O4. The number of nitrogens with one attached hydrogen (secondary N) is 1. The number of ether oxygens (including phenoxy) is 2. The summed E-state index contributed by atoms with van der Waals surface area (Å²) < 4.78 is 43.0. The highest BCUT2D eigenvalue weighted by Gasteiger charge is 2.17. The fourth-order valence-electron chi connectivity index (χ4n) is 3.03. The molecule has 1 atom stereocenters. The molecule has 3 aromatic rings. The third-order valence-corrected chi connectivity index (χ3v) is 4.60. The first-order valence-corrected chi connectivity index (χ1v) is 9.32. The molecule has 0 aliphatic rings. The number of carbonyl (C=O) groups is 1. The molecule has 1 unspecified atom stereocenters. The van der Waals surface area contributed by atoms with Crippen molar-refractivity contribution >= 4 is 5.91 Å². The summed E-state index contributed by atoms with van der Waals surface area (Å²) in [5.41, 5.74) is 0.897. The Morgan fingerprint density at radius 3 is 2.67 bits per heavy atom. The molecule has 0 saturated heterocycles. The number of oxazole rings is 1. The van der Waals surface area contributed by atoms with Gasteiger partial charge in [0.1, 0.15) is 23.1 Å². The molecule has 8 heteroatoms. The lowest BCUT2D eigenvalue weighted by molar-refractivity contribution is -0.121. The lowest BCUT2D eigenvalue weighted by atomic mass is 10.1. The highest BCUT2D eigenvalue weighted by atomic mass is 19.1. The number of rotatable bonds is 8. The second kappa shape index (κ2) is 9.39. The number of amides is 1. The summed E-state index contributed by atoms with van der Waals surface area (Å²) in [5, 5.41) is 2.90. The van der Waals surface area contributed by atoms with Gasteiger partial charge in [0.05, 0.1) is 32.0 Å². The molecule has 0 radical (unpaired) electrons. The van der Waals surface area contributed by atoms with E-state index >= 15 is 0 Å². The Kier molecular flexibility index (Phi) is 6.66. The zero-order chi connectivity index (χ0) is 21.7. The number of aryl methyl sites for hydroxylation is 1. The van der Waals surface area contributed by atoms with Crippen LogP contribution in [0.5, 0.6) is 11.5 Å². The van der Waals surface area contributed by atoms with Crippen LogP contribution in [0.15, 0.2) is 47.0 Å². The molecule has 6 nitrogen and oxygen atoms in total. The summed E-state index contributed by atoms with van der Waals surface area (Å²) in [4.78, 5) is 16.4. The van der Waals surface area contributed by atoms with Gasteiger partial charge in [-0.05, 0) is 37.3 Å². The van der Waals surface area contributed by atoms with Crippen molar-refractivity contribution in [3.8, 4) is 22.8 Å². The normalized spacial score (nSPS) is 11.8. The van der Waals surface area contributed by atoms with E-state index in [9.17, 15) is 13.6 Å². The zero-order valence-corrected chi connectivity index (χ0v) is 16.9. The summed E-state index contributed by atoms with van der Waals surface area (Å²) in [6, 6.07) is 8.25. The third-order valence-electron chi connectivity index (χ3n) is 4.60. The number of halogens is 2. The van der Waals surface area contributed by atoms with E-state index in [-0.39, 0.29) is 42.0 Å². The fraction of sp³-hybridized carbons (Fsp3) is 0.273. The van der Waals surface area contributed by atoms with Crippen LogP contribution in [-0.4, -0.2) is 25.1 Å². The predicted octanol–water partition coefficient (Wildman–Crippen LogP) is 4.45. The maximum atomic E-state index is 13.9. The van der Waals surface area contributed by atoms with Crippen LogP contribution in [0.3, 0.4) is 0 Å². The van der Waals surface area contributed by atoms with Gasteiger partial charge in [-0.25, -0.2) is 13.8 Å². The molecule has 0 saturated carbocycles. The number of aromatic nitrogens is 1. The Balaban J connectivity index is 1.61. The number of nitrogens with zero attached hydrogens (tertiary/aromatic N) is 1. The number of methoxy groups -OCH3 is 2. The Morgan fingerprint density at radius 1 is 1.17 bits per heavy atom. The molecule has 1 amide bonds. The van der Waals surface area contributed by atoms with Gasteiger partial charge < -0.3 is 19.2 Å². The van der Waals surface area contributed by atoms with Gasteiger partial charge in [0, 0.05) is 24.5 Å². The van der Waals surface area contributed by atoms with Gasteiger partial charge in [0.2, 0.25) is 5.91 Å². The third kappa shape index (κ3) is 4.94. The van der Waals surface area contributed by atoms with Crippen molar-refractivity contribution < 1.29 is 27.5 Å². The average Bonchev–Trinajstić information content (AvgIpc) is 3.20. The maximum absolute atomic E-state index is 13.9. The van der Waals surface area contributed by atoms with E-state index in [1.807, 2.05) is 6.92 Å². The van der Waals surface area contributed by atoms with E-state index < -0.39 is 11.6 Å². The van der Waals surface area contributed by atoms with E-state index in [1.165, 1.54) is 12.3 Å². The van der Waals surface area contributed by atoms with E-state index in [0.717, 1.165) is 17.7 Å². The molecule has 0 aliphatic carbocycles. The van der Waals surface area contributed by atoms with Crippen LogP contribution < -0.4 is 14.8 Å². The van der Waals surface area contributed by atoms with Crippen LogP contribution in [0.25, 0.3) is 11.3 Å². The standard InChI is InChI=1S/C22H22F2N2O4/c1-13(17-11-15(28-2)5-7-19(17)29-3)26-21(27)8-9-22-25-12-20(30-22)16-6-4-14(23)10-18(16)24/h4-7,10-13H,8-9H2,1-3H3,(H,26,27). The van der Waals surface area contributed by atoms with Crippen LogP contribution in [0.4, 0.5) is 8.78 Å². The molecule has 1 heterocycles. The van der Waals surface area contributed by atoms with Crippen molar-refractivity contribution in [2.75, 3.05) is 14.2 Å². The Morgan fingerprint density at radius 2 is 1.97 bits per heavy atom. The van der Waals surface area contributed by atoms with Crippen molar-refractivity contribution in [1.82, 2.24) is 10.3 Å². The van der Waals surface area contributed by atoms with Crippen molar-refractivity contribution in [3.63, 3.8) is 0 Å². The summed E-state index contributed by atoms with van der Waals surface area (Å²) in [5.74, 6) is 0.147. The summed E-state index contributed by atoms with van der Waals surface area (Å²) in [6.07, 6.45) is 1.71. The van der Waals surface area contributed by atoms with Crippen molar-refractivity contribution in [3.05, 3.63) is 65.7 Å². The van der Waals surface area contributed by atoms with Crippen LogP contribution in [0, 0.1) is 11.6 Å². The first kappa shape index (κ1) is 21.3. The summed E-state index contributed by atoms with van der Waals surface area (Å²) in [6.45, 7) is 1.84. The largest absolute Gasteiger partial charge is 0.497 e. The highest BCUT2D eigenvalue weighted by Crippen LogP contribution is 2.29. The van der Waals surface area contributed by atoms with E-state index in [2.05, 4.69) is 10.3 Å². The Bertz CT molecular complexity index is 1040. The first-order valence-electron chi connectivity index (χ1n) is 9.32. The van der Waals surface area contributed by atoms with Gasteiger partial charge in [-0.3, -0.25) is 4.79 Å². The number of hydrogen-bond donors (Lipinski definition) is 1. The molecular weight excluding hydrogens is 394 g/mol. The Hall–Kier alpha value is -3.42. The molecule has 0 bridgehead atoms. The van der Waals surface area contributed by atoms with Gasteiger partial charge >= 0.3 is 0 Å². The zero-order valence-electron chi connectivity index (χ0n) is 16.9. The molecule has 3 rings (SSSR count). The van der Waals surface area contributed by atoms with E-state index in [0.29, 0.717) is 11.5 Å². The summed E-state index contributed by atoms with van der Waals surface area (Å²) in [7, 11) is 3.13. The lowest BCUT2D eigenvalue weighted by Crippen LogP contribution is -2.27. The number of benzene rings is 2. The molecule has 0 spiro atoms. The van der Waals surface area contributed by atoms with E-state index in [4.69, 9.17) is 13.9 Å². The molecule has 0 fully saturated rings. The van der Waals surface area contributed by atoms with E-state index in [1.54, 1.807) is 32.4 Å². The molecule has 158 valence electrons. The quantitative estimate of drug-likeness (QED) is 0.587. The molecule has 1 aromatic heterocycles. The van der Waals surface area contributed by atoms with Gasteiger partial charge in [-0.15, -0.1) is 0 Å². The summed E-state index contributed by atoms with van der Waals surface area (Å²) >= 11 is 0. The number of carbonyl (C=O) groups excluding carboxylic acids is 1. The van der Waals surface area contributed by atoms with Crippen LogP contribution in [0.2, 0.25) is 0 Å². The molecule has 1 N–H and O–H groups in total. The minimum atomic E-state index is -0.739. The van der Waals surface area contributed by atoms with Crippen molar-refractivity contribution in [1.29, 1.82) is 0 Å². The maximum Gasteiger partial charge on any atom is 0.220 e. The average molecular weight is 416 g/mol. The van der Waals surface area contributed by atoms with Gasteiger partial charge in [-0.1, -0.05) is 0 Å². The van der Waals surface area contributed by atoms with Gasteiger partial charge in [0.15, 0.2) is 11.7 Å². The predicted molar refractivity (Wildman–Crippen MR) is 106 cm³/mol. The lowest BCUT2D eigenvalue weighted by Gasteiger charge is -2.18. The first-order chi connectivity index (χ1) is 14.4. The monoisotopic (exact) mass is 416 g/mol. The highest BCUT2D eigenvalue weighted by molar-refractivity contribution is 5.76. The van der Waals surface area contributed by atoms with Crippen LogP contribution in [-0.2, 0) is 11.2 Å². The second-order valence-corrected chi connectivity index (χ2v) is 6.64. The van der Waals surface area contributed by atoms with Crippen molar-refractivity contribution in [2.24, 2.45) is 0 Å². The topological polar surface area (TPSA) is 73.6 Å². The minimum absolute atomic E-state index is 0.110. The van der Waals surface area contributed by atoms with Gasteiger partial charge in [-0.2, -0.15) is 0 Å². The SMILES string of the molecule is COc1ccc(OC)c(C(C)NC(=O)CCc2ncc(-c3ccc(F)cc3F)o2)c1. The second-order valence-electron chi connectivity index (χ2n) is 6.64. The minimum Gasteiger partial charge on any atom is -0.497 e. The van der Waals surface area contributed by atoms with Crippen molar-refractivity contribution in [2.45, 2.75) is 25.8 Å². The smallest absolute Gasteiger partial charge is 0.220 e. The fourth-order valence-corrected chi connectivity index (χ4v) is 3.03. The van der Waals surface area contributed by atoms with Crippen LogP contribution >= 0.6 is 0 Å².